The molecule has 5 rings (SSSR count). The van der Waals surface area contributed by atoms with E-state index in [4.69, 9.17) is 9.47 Å². The van der Waals surface area contributed by atoms with Crippen LogP contribution in [0.4, 0.5) is 5.69 Å². The fraction of sp³-hybridized carbons (Fsp3) is 0.227. The minimum Gasteiger partial charge on any atom is -0.486 e. The van der Waals surface area contributed by atoms with Crippen molar-refractivity contribution in [2.24, 2.45) is 0 Å². The van der Waals surface area contributed by atoms with Crippen LogP contribution in [0.2, 0.25) is 0 Å². The van der Waals surface area contributed by atoms with E-state index in [0.717, 1.165) is 22.1 Å². The second-order valence-electron chi connectivity index (χ2n) is 7.13. The van der Waals surface area contributed by atoms with Crippen LogP contribution in [0, 0.1) is 6.92 Å². The lowest BCUT2D eigenvalue weighted by Gasteiger charge is -2.19. The van der Waals surface area contributed by atoms with Gasteiger partial charge in [-0.05, 0) is 43.7 Å². The minimum absolute atomic E-state index is 0.121. The molecule has 0 spiro atoms. The molecule has 2 aromatic carbocycles. The predicted molar refractivity (Wildman–Crippen MR) is 117 cm³/mol. The Morgan fingerprint density at radius 1 is 1.10 bits per heavy atom. The summed E-state index contributed by atoms with van der Waals surface area (Å²) >= 11 is 1.38. The Balaban J connectivity index is 1.39. The molecule has 30 heavy (non-hydrogen) atoms. The lowest BCUT2D eigenvalue weighted by atomic mass is 10.1. The van der Waals surface area contributed by atoms with E-state index in [1.165, 1.54) is 11.8 Å². The Hall–Kier alpha value is -3.26. The van der Waals surface area contributed by atoms with Gasteiger partial charge in [0.25, 0.3) is 0 Å². The summed E-state index contributed by atoms with van der Waals surface area (Å²) in [6.07, 6.45) is 0. The van der Waals surface area contributed by atoms with Gasteiger partial charge in [-0.3, -0.25) is 9.20 Å². The van der Waals surface area contributed by atoms with E-state index in [1.807, 2.05) is 47.7 Å². The van der Waals surface area contributed by atoms with Gasteiger partial charge in [-0.2, -0.15) is 0 Å². The molecule has 0 saturated heterocycles. The highest BCUT2D eigenvalue weighted by atomic mass is 32.2. The SMILES string of the molecule is Cc1cc2nnc(S[C@H](C)C(=O)Nc3ccc4c(c3)OCCO4)n2c2ccccc12. The zero-order valence-corrected chi connectivity index (χ0v) is 17.4. The Bertz CT molecular complexity index is 1270. The highest BCUT2D eigenvalue weighted by molar-refractivity contribution is 8.00. The van der Waals surface area contributed by atoms with E-state index in [2.05, 4.69) is 28.5 Å². The summed E-state index contributed by atoms with van der Waals surface area (Å²) in [4.78, 5) is 12.8. The molecule has 0 fully saturated rings. The van der Waals surface area contributed by atoms with E-state index in [0.29, 0.717) is 35.6 Å². The number of carbonyl (C=O) groups is 1. The molecule has 8 heteroatoms. The van der Waals surface area contributed by atoms with Crippen molar-refractivity contribution in [3.8, 4) is 11.5 Å². The molecule has 0 unspecified atom stereocenters. The van der Waals surface area contributed by atoms with E-state index in [9.17, 15) is 4.79 Å². The van der Waals surface area contributed by atoms with Crippen molar-refractivity contribution in [2.45, 2.75) is 24.3 Å². The van der Waals surface area contributed by atoms with Crippen LogP contribution in [0.15, 0.2) is 53.7 Å². The van der Waals surface area contributed by atoms with E-state index in [-0.39, 0.29) is 11.2 Å². The lowest BCUT2D eigenvalue weighted by Crippen LogP contribution is -2.23. The predicted octanol–water partition coefficient (Wildman–Crippen LogP) is 4.08. The third-order valence-corrected chi connectivity index (χ3v) is 6.08. The lowest BCUT2D eigenvalue weighted by molar-refractivity contribution is -0.115. The fourth-order valence-corrected chi connectivity index (χ4v) is 4.40. The van der Waals surface area contributed by atoms with Gasteiger partial charge in [0.05, 0.1) is 10.8 Å². The van der Waals surface area contributed by atoms with Crippen LogP contribution in [0.1, 0.15) is 12.5 Å². The van der Waals surface area contributed by atoms with Crippen LogP contribution in [-0.4, -0.2) is 39.0 Å². The van der Waals surface area contributed by atoms with Crippen molar-refractivity contribution in [3.63, 3.8) is 0 Å². The Labute approximate surface area is 177 Å². The van der Waals surface area contributed by atoms with Gasteiger partial charge in [0.2, 0.25) is 5.91 Å². The number of amides is 1. The number of ether oxygens (including phenoxy) is 2. The van der Waals surface area contributed by atoms with Gasteiger partial charge in [-0.1, -0.05) is 30.0 Å². The number of fused-ring (bicyclic) bond motifs is 4. The number of anilines is 1. The molecule has 0 saturated carbocycles. The van der Waals surface area contributed by atoms with Crippen LogP contribution in [0.5, 0.6) is 11.5 Å². The highest BCUT2D eigenvalue weighted by Gasteiger charge is 2.20. The van der Waals surface area contributed by atoms with Gasteiger partial charge >= 0.3 is 0 Å². The zero-order chi connectivity index (χ0) is 20.7. The molecular weight excluding hydrogens is 400 g/mol. The first-order valence-electron chi connectivity index (χ1n) is 9.71. The molecule has 1 atom stereocenters. The van der Waals surface area contributed by atoms with Gasteiger partial charge in [0, 0.05) is 17.1 Å². The zero-order valence-electron chi connectivity index (χ0n) is 16.6. The molecule has 1 aliphatic heterocycles. The first kappa shape index (κ1) is 18.7. The van der Waals surface area contributed by atoms with Crippen molar-refractivity contribution >= 4 is 39.9 Å². The maximum absolute atomic E-state index is 12.8. The summed E-state index contributed by atoms with van der Waals surface area (Å²) in [5.74, 6) is 1.22. The summed E-state index contributed by atoms with van der Waals surface area (Å²) < 4.78 is 13.1. The second-order valence-corrected chi connectivity index (χ2v) is 8.44. The number of benzene rings is 2. The monoisotopic (exact) mass is 420 g/mol. The Morgan fingerprint density at radius 3 is 2.77 bits per heavy atom. The number of rotatable bonds is 4. The normalized spacial score (nSPS) is 14.1. The topological polar surface area (TPSA) is 77.8 Å². The largest absolute Gasteiger partial charge is 0.486 e. The summed E-state index contributed by atoms with van der Waals surface area (Å²) in [6.45, 7) is 4.96. The van der Waals surface area contributed by atoms with Gasteiger partial charge in [0.1, 0.15) is 13.2 Å². The fourth-order valence-electron chi connectivity index (χ4n) is 3.53. The molecule has 1 amide bonds. The standard InChI is InChI=1S/C22H20N4O3S/c1-13-11-20-24-25-22(26(20)17-6-4-3-5-16(13)17)30-14(2)21(27)23-15-7-8-18-19(12-15)29-10-9-28-18/h3-8,11-12,14H,9-10H2,1-2H3,(H,23,27)/t14-/m1/s1. The maximum Gasteiger partial charge on any atom is 0.237 e. The Morgan fingerprint density at radius 2 is 1.90 bits per heavy atom. The molecule has 7 nitrogen and oxygen atoms in total. The molecular formula is C22H20N4O3S. The van der Waals surface area contributed by atoms with Gasteiger partial charge < -0.3 is 14.8 Å². The molecule has 0 radical (unpaired) electrons. The summed E-state index contributed by atoms with van der Waals surface area (Å²) in [7, 11) is 0. The molecule has 1 N–H and O–H groups in total. The number of hydrogen-bond acceptors (Lipinski definition) is 6. The number of hydrogen-bond donors (Lipinski definition) is 1. The van der Waals surface area contributed by atoms with Crippen LogP contribution in [0.25, 0.3) is 16.6 Å². The summed E-state index contributed by atoms with van der Waals surface area (Å²) in [6, 6.07) is 15.6. The first-order chi connectivity index (χ1) is 14.6. The smallest absolute Gasteiger partial charge is 0.237 e. The number of nitrogens with zero attached hydrogens (tertiary/aromatic N) is 3. The van der Waals surface area contributed by atoms with Crippen molar-refractivity contribution in [3.05, 3.63) is 54.1 Å². The summed E-state index contributed by atoms with van der Waals surface area (Å²) in [5.41, 5.74) is 3.61. The Kier molecular flexibility index (Phi) is 4.71. The van der Waals surface area contributed by atoms with Crippen LogP contribution in [-0.2, 0) is 4.79 Å². The van der Waals surface area contributed by atoms with Gasteiger partial charge in [0.15, 0.2) is 22.3 Å². The van der Waals surface area contributed by atoms with Crippen molar-refractivity contribution < 1.29 is 14.3 Å². The van der Waals surface area contributed by atoms with E-state index < -0.39 is 0 Å². The third kappa shape index (κ3) is 3.33. The van der Waals surface area contributed by atoms with Gasteiger partial charge in [-0.25, -0.2) is 0 Å². The van der Waals surface area contributed by atoms with Gasteiger partial charge in [-0.15, -0.1) is 10.2 Å². The van der Waals surface area contributed by atoms with Crippen LogP contribution in [0.3, 0.4) is 0 Å². The van der Waals surface area contributed by atoms with Crippen molar-refractivity contribution in [1.29, 1.82) is 0 Å². The second kappa shape index (κ2) is 7.53. The molecule has 0 bridgehead atoms. The van der Waals surface area contributed by atoms with Crippen molar-refractivity contribution in [2.75, 3.05) is 18.5 Å². The highest BCUT2D eigenvalue weighted by Crippen LogP contribution is 2.33. The number of aryl methyl sites for hydroxylation is 1. The number of para-hydroxylation sites is 1. The minimum atomic E-state index is -0.370. The number of nitrogens with one attached hydrogen (secondary N) is 1. The molecule has 3 heterocycles. The molecule has 152 valence electrons. The van der Waals surface area contributed by atoms with E-state index in [1.54, 1.807) is 6.07 Å². The van der Waals surface area contributed by atoms with E-state index >= 15 is 0 Å². The average Bonchev–Trinajstić information content (AvgIpc) is 3.16. The number of pyridine rings is 1. The van der Waals surface area contributed by atoms with Crippen LogP contribution >= 0.6 is 11.8 Å². The van der Waals surface area contributed by atoms with Crippen molar-refractivity contribution in [1.82, 2.24) is 14.6 Å². The summed E-state index contributed by atoms with van der Waals surface area (Å²) in [5, 5.41) is 13.0. The number of carbonyl (C=O) groups excluding carboxylic acids is 1. The number of aromatic nitrogens is 3. The maximum atomic E-state index is 12.8. The quantitative estimate of drug-likeness (QED) is 0.501. The average molecular weight is 420 g/mol. The molecule has 0 aliphatic carbocycles. The first-order valence-corrected chi connectivity index (χ1v) is 10.6. The number of thioether (sulfide) groups is 1. The van der Waals surface area contributed by atoms with Crippen LogP contribution < -0.4 is 14.8 Å². The molecule has 4 aromatic rings. The third-order valence-electron chi connectivity index (χ3n) is 5.03. The molecule has 2 aromatic heterocycles. The molecule has 1 aliphatic rings.